The number of nitrogens with zero attached hydrogens (tertiary/aromatic N) is 5. The molecule has 0 fully saturated rings. The second-order valence-electron chi connectivity index (χ2n) is 5.42. The average Bonchev–Trinajstić information content (AvgIpc) is 2.90. The Balaban J connectivity index is 2.45. The van der Waals surface area contributed by atoms with Crippen LogP contribution in [0, 0.1) is 0 Å². The molecule has 2 heterocycles. The third kappa shape index (κ3) is 3.01. The SMILES string of the molecule is Cn1cnc(-c2nnc(SCC(=O)O)n2C(C)(C)C)c1. The van der Waals surface area contributed by atoms with Gasteiger partial charge in [-0.15, -0.1) is 10.2 Å². The third-order valence-corrected chi connectivity index (χ3v) is 3.48. The zero-order valence-electron chi connectivity index (χ0n) is 11.9. The maximum atomic E-state index is 10.7. The van der Waals surface area contributed by atoms with E-state index in [9.17, 15) is 4.79 Å². The lowest BCUT2D eigenvalue weighted by atomic mass is 10.1. The van der Waals surface area contributed by atoms with E-state index < -0.39 is 5.97 Å². The molecule has 0 aliphatic carbocycles. The zero-order chi connectivity index (χ0) is 14.9. The van der Waals surface area contributed by atoms with Crippen molar-refractivity contribution in [3.8, 4) is 11.5 Å². The van der Waals surface area contributed by atoms with E-state index in [2.05, 4.69) is 15.2 Å². The lowest BCUT2D eigenvalue weighted by Crippen LogP contribution is -2.24. The van der Waals surface area contributed by atoms with E-state index in [1.165, 1.54) is 0 Å². The molecule has 2 rings (SSSR count). The molecule has 7 nitrogen and oxygen atoms in total. The van der Waals surface area contributed by atoms with Gasteiger partial charge < -0.3 is 9.67 Å². The summed E-state index contributed by atoms with van der Waals surface area (Å²) in [6.45, 7) is 6.06. The van der Waals surface area contributed by atoms with Crippen molar-refractivity contribution >= 4 is 17.7 Å². The third-order valence-electron chi connectivity index (χ3n) is 2.56. The molecule has 0 spiro atoms. The van der Waals surface area contributed by atoms with Gasteiger partial charge in [0.2, 0.25) is 0 Å². The van der Waals surface area contributed by atoms with Gasteiger partial charge in [-0.3, -0.25) is 9.36 Å². The van der Waals surface area contributed by atoms with Crippen LogP contribution in [0.4, 0.5) is 0 Å². The van der Waals surface area contributed by atoms with Gasteiger partial charge in [-0.2, -0.15) is 0 Å². The number of thioether (sulfide) groups is 1. The molecule has 2 aromatic rings. The van der Waals surface area contributed by atoms with Crippen LogP contribution in [0.1, 0.15) is 20.8 Å². The molecular formula is C12H17N5O2S. The highest BCUT2D eigenvalue weighted by Gasteiger charge is 2.25. The number of aliphatic carboxylic acids is 1. The summed E-state index contributed by atoms with van der Waals surface area (Å²) in [5.41, 5.74) is 0.453. The topological polar surface area (TPSA) is 85.8 Å². The summed E-state index contributed by atoms with van der Waals surface area (Å²) in [7, 11) is 1.88. The number of carboxylic acids is 1. The summed E-state index contributed by atoms with van der Waals surface area (Å²) in [5.74, 6) is -0.278. The van der Waals surface area contributed by atoms with Crippen LogP contribution >= 0.6 is 11.8 Å². The lowest BCUT2D eigenvalue weighted by molar-refractivity contribution is -0.133. The Bertz CT molecular complexity index is 626. The smallest absolute Gasteiger partial charge is 0.313 e. The summed E-state index contributed by atoms with van der Waals surface area (Å²) in [5, 5.41) is 17.7. The van der Waals surface area contributed by atoms with Crippen molar-refractivity contribution in [1.29, 1.82) is 0 Å². The first kappa shape index (κ1) is 14.6. The number of rotatable bonds is 4. The molecule has 1 N–H and O–H groups in total. The van der Waals surface area contributed by atoms with Crippen molar-refractivity contribution in [3.63, 3.8) is 0 Å². The molecule has 108 valence electrons. The Kier molecular flexibility index (Phi) is 3.85. The van der Waals surface area contributed by atoms with E-state index in [1.807, 2.05) is 43.1 Å². The molecule has 0 aromatic carbocycles. The first-order chi connectivity index (χ1) is 9.29. The van der Waals surface area contributed by atoms with E-state index >= 15 is 0 Å². The molecule has 0 aliphatic rings. The molecule has 0 unspecified atom stereocenters. The standard InChI is InChI=1S/C12H17N5O2S/c1-12(2,3)17-10(8-5-16(4)7-13-8)14-15-11(17)20-6-9(18)19/h5,7H,6H2,1-4H3,(H,18,19). The van der Waals surface area contributed by atoms with E-state index in [0.717, 1.165) is 17.5 Å². The molecule has 0 atom stereocenters. The van der Waals surface area contributed by atoms with Crippen LogP contribution in [0.3, 0.4) is 0 Å². The number of carbonyl (C=O) groups is 1. The van der Waals surface area contributed by atoms with Crippen LogP contribution < -0.4 is 0 Å². The Labute approximate surface area is 121 Å². The summed E-state index contributed by atoms with van der Waals surface area (Å²) in [6.07, 6.45) is 3.55. The largest absolute Gasteiger partial charge is 0.481 e. The molecule has 0 aliphatic heterocycles. The van der Waals surface area contributed by atoms with Crippen LogP contribution in [-0.2, 0) is 17.4 Å². The second kappa shape index (κ2) is 5.28. The highest BCUT2D eigenvalue weighted by Crippen LogP contribution is 2.29. The molecule has 8 heteroatoms. The number of hydrogen-bond acceptors (Lipinski definition) is 5. The number of aromatic nitrogens is 5. The number of hydrogen-bond donors (Lipinski definition) is 1. The Hall–Kier alpha value is -1.83. The van der Waals surface area contributed by atoms with Gasteiger partial charge in [-0.25, -0.2) is 4.98 Å². The minimum Gasteiger partial charge on any atom is -0.481 e. The maximum Gasteiger partial charge on any atom is 0.313 e. The van der Waals surface area contributed by atoms with Gasteiger partial charge in [0.05, 0.1) is 12.1 Å². The number of carboxylic acid groups (broad SMARTS) is 1. The molecule has 0 bridgehead atoms. The van der Waals surface area contributed by atoms with Crippen molar-refractivity contribution in [3.05, 3.63) is 12.5 Å². The minimum atomic E-state index is -0.877. The Morgan fingerprint density at radius 2 is 2.10 bits per heavy atom. The summed E-state index contributed by atoms with van der Waals surface area (Å²) < 4.78 is 3.75. The van der Waals surface area contributed by atoms with Crippen LogP contribution in [0.25, 0.3) is 11.5 Å². The van der Waals surface area contributed by atoms with Crippen molar-refractivity contribution in [2.75, 3.05) is 5.75 Å². The molecule has 2 aromatic heterocycles. The van der Waals surface area contributed by atoms with Gasteiger partial charge in [-0.05, 0) is 20.8 Å². The Morgan fingerprint density at radius 1 is 1.40 bits per heavy atom. The first-order valence-corrected chi connectivity index (χ1v) is 7.06. The maximum absolute atomic E-state index is 10.7. The molecule has 0 saturated carbocycles. The molecule has 20 heavy (non-hydrogen) atoms. The van der Waals surface area contributed by atoms with Crippen molar-refractivity contribution in [2.24, 2.45) is 7.05 Å². The zero-order valence-corrected chi connectivity index (χ0v) is 12.7. The highest BCUT2D eigenvalue weighted by atomic mass is 32.2. The van der Waals surface area contributed by atoms with E-state index in [0.29, 0.717) is 11.0 Å². The summed E-state index contributed by atoms with van der Waals surface area (Å²) in [4.78, 5) is 15.0. The van der Waals surface area contributed by atoms with Crippen LogP contribution in [0.15, 0.2) is 17.7 Å². The average molecular weight is 295 g/mol. The highest BCUT2D eigenvalue weighted by molar-refractivity contribution is 7.99. The summed E-state index contributed by atoms with van der Waals surface area (Å²) in [6, 6.07) is 0. The molecule has 0 radical (unpaired) electrons. The van der Waals surface area contributed by atoms with Gasteiger partial charge >= 0.3 is 5.97 Å². The fourth-order valence-electron chi connectivity index (χ4n) is 1.79. The fourth-order valence-corrected chi connectivity index (χ4v) is 2.63. The Morgan fingerprint density at radius 3 is 2.60 bits per heavy atom. The minimum absolute atomic E-state index is 0.0452. The van der Waals surface area contributed by atoms with Gasteiger partial charge in [-0.1, -0.05) is 11.8 Å². The predicted octanol–water partition coefficient (Wildman–Crippen LogP) is 1.61. The van der Waals surface area contributed by atoms with Crippen LogP contribution in [0.5, 0.6) is 0 Å². The van der Waals surface area contributed by atoms with E-state index in [-0.39, 0.29) is 11.3 Å². The van der Waals surface area contributed by atoms with Gasteiger partial charge in [0.15, 0.2) is 11.0 Å². The van der Waals surface area contributed by atoms with Crippen molar-refractivity contribution < 1.29 is 9.90 Å². The molecule has 0 amide bonds. The molecular weight excluding hydrogens is 278 g/mol. The number of imidazole rings is 1. The van der Waals surface area contributed by atoms with Gasteiger partial charge in [0.1, 0.15) is 5.69 Å². The summed E-state index contributed by atoms with van der Waals surface area (Å²) >= 11 is 1.16. The van der Waals surface area contributed by atoms with Gasteiger partial charge in [0, 0.05) is 18.8 Å². The first-order valence-electron chi connectivity index (χ1n) is 6.08. The van der Waals surface area contributed by atoms with Crippen LogP contribution in [-0.4, -0.2) is 41.1 Å². The fraction of sp³-hybridized carbons (Fsp3) is 0.500. The van der Waals surface area contributed by atoms with E-state index in [1.54, 1.807) is 6.33 Å². The second-order valence-corrected chi connectivity index (χ2v) is 6.36. The van der Waals surface area contributed by atoms with Crippen molar-refractivity contribution in [1.82, 2.24) is 24.3 Å². The normalized spacial score (nSPS) is 11.8. The molecule has 0 saturated heterocycles. The predicted molar refractivity (Wildman–Crippen MR) is 75.6 cm³/mol. The van der Waals surface area contributed by atoms with Crippen LogP contribution in [0.2, 0.25) is 0 Å². The van der Waals surface area contributed by atoms with E-state index in [4.69, 9.17) is 5.11 Å². The monoisotopic (exact) mass is 295 g/mol. The lowest BCUT2D eigenvalue weighted by Gasteiger charge is -2.24. The quantitative estimate of drug-likeness (QED) is 0.862. The van der Waals surface area contributed by atoms with Crippen molar-refractivity contribution in [2.45, 2.75) is 31.5 Å². The number of aryl methyl sites for hydroxylation is 1. The van der Waals surface area contributed by atoms with Gasteiger partial charge in [0.25, 0.3) is 0 Å².